The van der Waals surface area contributed by atoms with E-state index in [-0.39, 0.29) is 0 Å². The molecule has 1 unspecified atom stereocenters. The van der Waals surface area contributed by atoms with Crippen molar-refractivity contribution in [2.24, 2.45) is 0 Å². The van der Waals surface area contributed by atoms with Gasteiger partial charge in [-0.1, -0.05) is 32.4 Å². The Kier molecular flexibility index (Phi) is 7.45. The minimum absolute atomic E-state index is 0.291. The molecule has 1 N–H and O–H groups in total. The third kappa shape index (κ3) is 4.71. The maximum Gasteiger partial charge on any atom is 0.162 e. The van der Waals surface area contributed by atoms with E-state index in [0.29, 0.717) is 24.1 Å². The standard InChI is InChI=1S/C17H29NO2/c1-5-8-12-18(14(4)6-2)13-15-10-9-11-16(17(15)19)20-7-3/h9-11,14,19H,5-8,12-13H2,1-4H3. The molecular formula is C17H29NO2. The monoisotopic (exact) mass is 279 g/mol. The fourth-order valence-corrected chi connectivity index (χ4v) is 2.26. The molecule has 0 aliphatic rings. The zero-order valence-electron chi connectivity index (χ0n) is 13.4. The molecular weight excluding hydrogens is 250 g/mol. The number of unbranched alkanes of at least 4 members (excludes halogenated alkanes) is 1. The number of phenolic OH excluding ortho intramolecular Hbond substituents is 1. The number of benzene rings is 1. The predicted octanol–water partition coefficient (Wildman–Crippen LogP) is 4.19. The summed E-state index contributed by atoms with van der Waals surface area (Å²) in [5.41, 5.74) is 0.951. The van der Waals surface area contributed by atoms with Crippen LogP contribution in [0.5, 0.6) is 11.5 Å². The molecule has 114 valence electrons. The number of rotatable bonds is 9. The van der Waals surface area contributed by atoms with Crippen LogP contribution in [0.4, 0.5) is 0 Å². The quantitative estimate of drug-likeness (QED) is 0.735. The molecule has 0 spiro atoms. The van der Waals surface area contributed by atoms with Crippen molar-refractivity contribution in [2.75, 3.05) is 13.2 Å². The number of hydrogen-bond donors (Lipinski definition) is 1. The van der Waals surface area contributed by atoms with Crippen molar-refractivity contribution >= 4 is 0 Å². The molecule has 0 aliphatic carbocycles. The summed E-state index contributed by atoms with van der Waals surface area (Å²) in [5, 5.41) is 10.3. The van der Waals surface area contributed by atoms with E-state index in [1.165, 1.54) is 12.8 Å². The maximum atomic E-state index is 10.3. The largest absolute Gasteiger partial charge is 0.504 e. The molecule has 1 aromatic carbocycles. The molecule has 0 bridgehead atoms. The summed E-state index contributed by atoms with van der Waals surface area (Å²) in [6, 6.07) is 6.28. The molecule has 20 heavy (non-hydrogen) atoms. The molecule has 0 saturated heterocycles. The van der Waals surface area contributed by atoms with Gasteiger partial charge in [-0.15, -0.1) is 0 Å². The molecule has 1 atom stereocenters. The summed E-state index contributed by atoms with van der Waals surface area (Å²) in [6.45, 7) is 11.0. The first-order chi connectivity index (χ1) is 9.63. The molecule has 0 radical (unpaired) electrons. The number of para-hydroxylation sites is 1. The third-order valence-electron chi connectivity index (χ3n) is 3.77. The van der Waals surface area contributed by atoms with Crippen LogP contribution in [0.1, 0.15) is 52.5 Å². The van der Waals surface area contributed by atoms with Crippen molar-refractivity contribution in [1.82, 2.24) is 4.90 Å². The Morgan fingerprint density at radius 3 is 2.60 bits per heavy atom. The smallest absolute Gasteiger partial charge is 0.162 e. The zero-order valence-corrected chi connectivity index (χ0v) is 13.4. The van der Waals surface area contributed by atoms with Crippen molar-refractivity contribution in [1.29, 1.82) is 0 Å². The molecule has 0 fully saturated rings. The highest BCUT2D eigenvalue weighted by atomic mass is 16.5. The Hall–Kier alpha value is -1.22. The van der Waals surface area contributed by atoms with Crippen molar-refractivity contribution in [3.63, 3.8) is 0 Å². The van der Waals surface area contributed by atoms with Gasteiger partial charge in [-0.2, -0.15) is 0 Å². The number of hydrogen-bond acceptors (Lipinski definition) is 3. The molecule has 3 nitrogen and oxygen atoms in total. The highest BCUT2D eigenvalue weighted by molar-refractivity contribution is 5.45. The first-order valence-electron chi connectivity index (χ1n) is 7.81. The second-order valence-corrected chi connectivity index (χ2v) is 5.28. The Morgan fingerprint density at radius 1 is 1.25 bits per heavy atom. The summed E-state index contributed by atoms with van der Waals surface area (Å²) in [4.78, 5) is 2.44. The van der Waals surface area contributed by atoms with Gasteiger partial charge >= 0.3 is 0 Å². The van der Waals surface area contributed by atoms with Crippen LogP contribution in [0.2, 0.25) is 0 Å². The van der Waals surface area contributed by atoms with E-state index in [0.717, 1.165) is 25.1 Å². The molecule has 3 heteroatoms. The van der Waals surface area contributed by atoms with Crippen molar-refractivity contribution in [3.8, 4) is 11.5 Å². The minimum atomic E-state index is 0.291. The molecule has 1 aromatic rings. The van der Waals surface area contributed by atoms with Gasteiger partial charge in [-0.3, -0.25) is 4.90 Å². The van der Waals surface area contributed by atoms with Crippen LogP contribution in [0.3, 0.4) is 0 Å². The van der Waals surface area contributed by atoms with Crippen LogP contribution in [0.15, 0.2) is 18.2 Å². The van der Waals surface area contributed by atoms with Gasteiger partial charge < -0.3 is 9.84 Å². The molecule has 0 heterocycles. The summed E-state index contributed by atoms with van der Waals surface area (Å²) < 4.78 is 5.46. The third-order valence-corrected chi connectivity index (χ3v) is 3.77. The van der Waals surface area contributed by atoms with Gasteiger partial charge in [-0.25, -0.2) is 0 Å². The number of phenols is 1. The Labute approximate surface area is 123 Å². The SMILES string of the molecule is CCCCN(Cc1cccc(OCC)c1O)C(C)CC. The minimum Gasteiger partial charge on any atom is -0.504 e. The van der Waals surface area contributed by atoms with E-state index < -0.39 is 0 Å². The normalized spacial score (nSPS) is 12.7. The van der Waals surface area contributed by atoms with E-state index in [2.05, 4.69) is 25.7 Å². The van der Waals surface area contributed by atoms with Crippen molar-refractivity contribution in [3.05, 3.63) is 23.8 Å². The molecule has 0 saturated carbocycles. The average Bonchev–Trinajstić information content (AvgIpc) is 2.46. The van der Waals surface area contributed by atoms with Crippen molar-refractivity contribution < 1.29 is 9.84 Å². The number of aromatic hydroxyl groups is 1. The van der Waals surface area contributed by atoms with E-state index in [1.54, 1.807) is 0 Å². The van der Waals surface area contributed by atoms with Crippen LogP contribution in [0.25, 0.3) is 0 Å². The lowest BCUT2D eigenvalue weighted by Crippen LogP contribution is -2.33. The highest BCUT2D eigenvalue weighted by Crippen LogP contribution is 2.31. The number of nitrogens with zero attached hydrogens (tertiary/aromatic N) is 1. The van der Waals surface area contributed by atoms with Gasteiger partial charge in [0.15, 0.2) is 11.5 Å². The highest BCUT2D eigenvalue weighted by Gasteiger charge is 2.15. The van der Waals surface area contributed by atoms with Gasteiger partial charge in [0.2, 0.25) is 0 Å². The van der Waals surface area contributed by atoms with E-state index in [4.69, 9.17) is 4.74 Å². The van der Waals surface area contributed by atoms with Gasteiger partial charge in [-0.05, 0) is 39.3 Å². The van der Waals surface area contributed by atoms with E-state index in [1.807, 2.05) is 25.1 Å². The Morgan fingerprint density at radius 2 is 2.00 bits per heavy atom. The second kappa shape index (κ2) is 8.85. The van der Waals surface area contributed by atoms with Crippen LogP contribution < -0.4 is 4.74 Å². The van der Waals surface area contributed by atoms with Gasteiger partial charge in [0.05, 0.1) is 6.61 Å². The lowest BCUT2D eigenvalue weighted by Gasteiger charge is -2.28. The Bertz CT molecular complexity index is 393. The van der Waals surface area contributed by atoms with Crippen molar-refractivity contribution in [2.45, 2.75) is 59.5 Å². The van der Waals surface area contributed by atoms with Gasteiger partial charge in [0, 0.05) is 18.2 Å². The predicted molar refractivity (Wildman–Crippen MR) is 84.3 cm³/mol. The second-order valence-electron chi connectivity index (χ2n) is 5.28. The van der Waals surface area contributed by atoms with E-state index >= 15 is 0 Å². The fourth-order valence-electron chi connectivity index (χ4n) is 2.26. The lowest BCUT2D eigenvalue weighted by atomic mass is 10.1. The Balaban J connectivity index is 2.84. The molecule has 0 aliphatic heterocycles. The van der Waals surface area contributed by atoms with Crippen LogP contribution in [-0.2, 0) is 6.54 Å². The molecule has 0 amide bonds. The lowest BCUT2D eigenvalue weighted by molar-refractivity contribution is 0.189. The summed E-state index contributed by atoms with van der Waals surface area (Å²) in [7, 11) is 0. The topological polar surface area (TPSA) is 32.7 Å². The van der Waals surface area contributed by atoms with E-state index in [9.17, 15) is 5.11 Å². The summed E-state index contributed by atoms with van der Waals surface area (Å²) in [6.07, 6.45) is 3.50. The molecule has 0 aromatic heterocycles. The van der Waals surface area contributed by atoms with Crippen LogP contribution >= 0.6 is 0 Å². The summed E-state index contributed by atoms with van der Waals surface area (Å²) in [5.74, 6) is 0.878. The first kappa shape index (κ1) is 16.8. The molecule has 1 rings (SSSR count). The summed E-state index contributed by atoms with van der Waals surface area (Å²) >= 11 is 0. The fraction of sp³-hybridized carbons (Fsp3) is 0.647. The van der Waals surface area contributed by atoms with Gasteiger partial charge in [0.1, 0.15) is 0 Å². The number of ether oxygens (including phenoxy) is 1. The van der Waals surface area contributed by atoms with Crippen LogP contribution in [-0.4, -0.2) is 29.2 Å². The first-order valence-corrected chi connectivity index (χ1v) is 7.81. The average molecular weight is 279 g/mol. The maximum absolute atomic E-state index is 10.3. The zero-order chi connectivity index (χ0) is 15.0. The van der Waals surface area contributed by atoms with Gasteiger partial charge in [0.25, 0.3) is 0 Å². The van der Waals surface area contributed by atoms with Crippen LogP contribution in [0, 0.1) is 0 Å².